The molecular formula is C24H39N3O2. The van der Waals surface area contributed by atoms with Crippen LogP contribution in [0.25, 0.3) is 0 Å². The molecular weight excluding hydrogens is 362 g/mol. The Kier molecular flexibility index (Phi) is 13.8. The molecule has 0 unspecified atom stereocenters. The van der Waals surface area contributed by atoms with Gasteiger partial charge in [-0.05, 0) is 76.0 Å². The molecule has 0 aliphatic carbocycles. The smallest absolute Gasteiger partial charge is 0.320 e. The van der Waals surface area contributed by atoms with E-state index in [0.717, 1.165) is 57.4 Å². The summed E-state index contributed by atoms with van der Waals surface area (Å²) in [6.45, 7) is 12.4. The van der Waals surface area contributed by atoms with Crippen LogP contribution in [0.15, 0.2) is 24.3 Å². The highest BCUT2D eigenvalue weighted by Crippen LogP contribution is 2.09. The predicted molar refractivity (Wildman–Crippen MR) is 119 cm³/mol. The van der Waals surface area contributed by atoms with E-state index < -0.39 is 0 Å². The predicted octanol–water partition coefficient (Wildman–Crippen LogP) is 4.61. The zero-order valence-electron chi connectivity index (χ0n) is 18.7. The Morgan fingerprint density at radius 3 is 2.07 bits per heavy atom. The molecule has 0 radical (unpaired) electrons. The fourth-order valence-electron chi connectivity index (χ4n) is 3.35. The van der Waals surface area contributed by atoms with E-state index in [1.54, 1.807) is 0 Å². The average molecular weight is 402 g/mol. The van der Waals surface area contributed by atoms with Crippen LogP contribution >= 0.6 is 0 Å². The Hall–Kier alpha value is -1.90. The van der Waals surface area contributed by atoms with Gasteiger partial charge >= 0.3 is 5.97 Å². The van der Waals surface area contributed by atoms with Gasteiger partial charge in [0.05, 0.1) is 24.8 Å². The van der Waals surface area contributed by atoms with Crippen LogP contribution in [0.3, 0.4) is 0 Å². The molecule has 0 aliphatic rings. The van der Waals surface area contributed by atoms with Crippen LogP contribution < -0.4 is 0 Å². The van der Waals surface area contributed by atoms with Gasteiger partial charge in [-0.1, -0.05) is 39.3 Å². The molecule has 5 heteroatoms. The molecule has 0 saturated carbocycles. The van der Waals surface area contributed by atoms with Crippen molar-refractivity contribution in [3.05, 3.63) is 35.4 Å². The molecule has 1 aromatic carbocycles. The molecule has 0 saturated heterocycles. The Labute approximate surface area is 177 Å². The van der Waals surface area contributed by atoms with Gasteiger partial charge in [0.15, 0.2) is 0 Å². The fraction of sp³-hybridized carbons (Fsp3) is 0.667. The first kappa shape index (κ1) is 25.1. The van der Waals surface area contributed by atoms with Gasteiger partial charge < -0.3 is 9.64 Å². The number of rotatable bonds is 16. The minimum absolute atomic E-state index is 0.148. The van der Waals surface area contributed by atoms with Crippen molar-refractivity contribution in [1.82, 2.24) is 9.80 Å². The van der Waals surface area contributed by atoms with E-state index in [1.165, 1.54) is 12.8 Å². The first-order valence-electron chi connectivity index (χ1n) is 11.2. The second-order valence-electron chi connectivity index (χ2n) is 7.64. The van der Waals surface area contributed by atoms with Gasteiger partial charge in [0, 0.05) is 6.54 Å². The molecule has 0 aliphatic heterocycles. The summed E-state index contributed by atoms with van der Waals surface area (Å²) in [5.74, 6) is -0.148. The molecule has 0 amide bonds. The summed E-state index contributed by atoms with van der Waals surface area (Å²) in [4.78, 5) is 16.9. The first-order valence-corrected chi connectivity index (χ1v) is 11.2. The zero-order chi connectivity index (χ0) is 21.3. The Morgan fingerprint density at radius 2 is 1.52 bits per heavy atom. The highest BCUT2D eigenvalue weighted by atomic mass is 16.5. The van der Waals surface area contributed by atoms with Crippen LogP contribution in [-0.2, 0) is 16.1 Å². The summed E-state index contributed by atoms with van der Waals surface area (Å²) in [5, 5.41) is 8.97. The van der Waals surface area contributed by atoms with E-state index in [9.17, 15) is 4.79 Å². The topological polar surface area (TPSA) is 56.6 Å². The Morgan fingerprint density at radius 1 is 0.897 bits per heavy atom. The van der Waals surface area contributed by atoms with Crippen molar-refractivity contribution in [2.75, 3.05) is 39.3 Å². The van der Waals surface area contributed by atoms with Crippen molar-refractivity contribution < 1.29 is 9.53 Å². The fourth-order valence-corrected chi connectivity index (χ4v) is 3.35. The second-order valence-corrected chi connectivity index (χ2v) is 7.64. The van der Waals surface area contributed by atoms with E-state index >= 15 is 0 Å². The van der Waals surface area contributed by atoms with Crippen LogP contribution in [-0.4, -0.2) is 55.1 Å². The van der Waals surface area contributed by atoms with Crippen molar-refractivity contribution in [1.29, 1.82) is 5.26 Å². The number of carbonyl (C=O) groups excluding carboxylic acids is 1. The minimum Gasteiger partial charge on any atom is -0.465 e. The lowest BCUT2D eigenvalue weighted by Crippen LogP contribution is -2.32. The number of nitriles is 1. The SMILES string of the molecule is CCCCOC(=O)CN(CCCCN(CCC)CCC)Cc1ccc(C#N)cc1. The summed E-state index contributed by atoms with van der Waals surface area (Å²) in [7, 11) is 0. The number of unbranched alkanes of at least 4 members (excludes halogenated alkanes) is 2. The van der Waals surface area contributed by atoms with Gasteiger partial charge in [0.1, 0.15) is 0 Å². The summed E-state index contributed by atoms with van der Waals surface area (Å²) >= 11 is 0. The van der Waals surface area contributed by atoms with E-state index in [2.05, 4.69) is 36.6 Å². The molecule has 5 nitrogen and oxygen atoms in total. The maximum atomic E-state index is 12.2. The number of esters is 1. The van der Waals surface area contributed by atoms with Crippen LogP contribution in [0.1, 0.15) is 70.4 Å². The number of benzene rings is 1. The van der Waals surface area contributed by atoms with E-state index in [-0.39, 0.29) is 5.97 Å². The van der Waals surface area contributed by atoms with Gasteiger partial charge in [-0.15, -0.1) is 0 Å². The number of hydrogen-bond donors (Lipinski definition) is 0. The van der Waals surface area contributed by atoms with Crippen LogP contribution in [0.4, 0.5) is 0 Å². The molecule has 0 atom stereocenters. The normalized spacial score (nSPS) is 11.0. The van der Waals surface area contributed by atoms with Crippen molar-refractivity contribution in [3.8, 4) is 6.07 Å². The maximum Gasteiger partial charge on any atom is 0.320 e. The van der Waals surface area contributed by atoms with Crippen molar-refractivity contribution in [2.24, 2.45) is 0 Å². The Balaban J connectivity index is 2.56. The van der Waals surface area contributed by atoms with Crippen molar-refractivity contribution in [3.63, 3.8) is 0 Å². The van der Waals surface area contributed by atoms with Crippen molar-refractivity contribution >= 4 is 5.97 Å². The molecule has 29 heavy (non-hydrogen) atoms. The van der Waals surface area contributed by atoms with Gasteiger partial charge in [0.25, 0.3) is 0 Å². The molecule has 162 valence electrons. The molecule has 0 fully saturated rings. The number of ether oxygens (including phenoxy) is 1. The van der Waals surface area contributed by atoms with E-state index in [0.29, 0.717) is 25.3 Å². The first-order chi connectivity index (χ1) is 14.1. The third-order valence-corrected chi connectivity index (χ3v) is 4.88. The third kappa shape index (κ3) is 11.6. The largest absolute Gasteiger partial charge is 0.465 e. The quantitative estimate of drug-likeness (QED) is 0.299. The van der Waals surface area contributed by atoms with Gasteiger partial charge in [-0.2, -0.15) is 5.26 Å². The van der Waals surface area contributed by atoms with Crippen LogP contribution in [0, 0.1) is 11.3 Å². The minimum atomic E-state index is -0.148. The highest BCUT2D eigenvalue weighted by Gasteiger charge is 2.13. The second kappa shape index (κ2) is 16.0. The summed E-state index contributed by atoms with van der Waals surface area (Å²) in [6, 6.07) is 9.76. The molecule has 1 aromatic rings. The maximum absolute atomic E-state index is 12.2. The standard InChI is InChI=1S/C24H39N3O2/c1-4-7-18-29-24(28)21-27(20-23-12-10-22(19-25)11-13-23)17-9-8-16-26(14-5-2)15-6-3/h10-13H,4-9,14-18,20-21H2,1-3H3. The molecule has 0 spiro atoms. The molecule has 0 bridgehead atoms. The molecule has 0 N–H and O–H groups in total. The monoisotopic (exact) mass is 401 g/mol. The van der Waals surface area contributed by atoms with Gasteiger partial charge in [-0.25, -0.2) is 0 Å². The molecule has 1 rings (SSSR count). The number of nitrogens with zero attached hydrogens (tertiary/aromatic N) is 3. The molecule has 0 aromatic heterocycles. The van der Waals surface area contributed by atoms with Gasteiger partial charge in [0.2, 0.25) is 0 Å². The third-order valence-electron chi connectivity index (χ3n) is 4.88. The van der Waals surface area contributed by atoms with E-state index in [1.807, 2.05) is 24.3 Å². The van der Waals surface area contributed by atoms with Crippen LogP contribution in [0.2, 0.25) is 0 Å². The van der Waals surface area contributed by atoms with E-state index in [4.69, 9.17) is 10.00 Å². The highest BCUT2D eigenvalue weighted by molar-refractivity contribution is 5.71. The average Bonchev–Trinajstić information content (AvgIpc) is 2.72. The molecule has 0 heterocycles. The van der Waals surface area contributed by atoms with Gasteiger partial charge in [-0.3, -0.25) is 9.69 Å². The summed E-state index contributed by atoms with van der Waals surface area (Å²) in [5.41, 5.74) is 1.77. The Bertz CT molecular complexity index is 589. The summed E-state index contributed by atoms with van der Waals surface area (Å²) < 4.78 is 5.36. The lowest BCUT2D eigenvalue weighted by molar-refractivity contribution is -0.145. The number of carbonyl (C=O) groups is 1. The zero-order valence-corrected chi connectivity index (χ0v) is 18.7. The van der Waals surface area contributed by atoms with Crippen LogP contribution in [0.5, 0.6) is 0 Å². The van der Waals surface area contributed by atoms with Crippen molar-refractivity contribution in [2.45, 2.75) is 65.8 Å². The summed E-state index contributed by atoms with van der Waals surface area (Å²) in [6.07, 6.45) is 6.50. The lowest BCUT2D eigenvalue weighted by atomic mass is 10.1. The number of hydrogen-bond acceptors (Lipinski definition) is 5. The lowest BCUT2D eigenvalue weighted by Gasteiger charge is -2.24.